The van der Waals surface area contributed by atoms with E-state index in [2.05, 4.69) is 0 Å². The summed E-state index contributed by atoms with van der Waals surface area (Å²) < 4.78 is 10.9. The number of halogens is 1. The molecule has 1 aliphatic rings. The number of hydrogen-bond acceptors (Lipinski definition) is 5. The molecule has 0 bridgehead atoms. The summed E-state index contributed by atoms with van der Waals surface area (Å²) >= 11 is 5.86. The van der Waals surface area contributed by atoms with E-state index in [0.717, 1.165) is 0 Å². The van der Waals surface area contributed by atoms with Gasteiger partial charge in [-0.3, -0.25) is 4.79 Å². The number of carbonyl (C=O) groups is 2. The van der Waals surface area contributed by atoms with Crippen molar-refractivity contribution in [3.63, 3.8) is 0 Å². The van der Waals surface area contributed by atoms with Gasteiger partial charge in [-0.2, -0.15) is 5.26 Å². The van der Waals surface area contributed by atoms with Crippen LogP contribution >= 0.6 is 11.6 Å². The minimum Gasteiger partial charge on any atom is -0.466 e. The van der Waals surface area contributed by atoms with Gasteiger partial charge in [0.15, 0.2) is 0 Å². The van der Waals surface area contributed by atoms with E-state index < -0.39 is 28.3 Å². The van der Waals surface area contributed by atoms with Gasteiger partial charge in [-0.05, 0) is 32.9 Å². The number of hydrogen-bond donors (Lipinski definition) is 0. The van der Waals surface area contributed by atoms with E-state index in [9.17, 15) is 9.59 Å². The summed E-state index contributed by atoms with van der Waals surface area (Å²) in [6, 6.07) is 8.34. The Kier molecular flexibility index (Phi) is 4.17. The molecule has 2 rings (SSSR count). The zero-order chi connectivity index (χ0) is 16.5. The van der Waals surface area contributed by atoms with Gasteiger partial charge in [-0.25, -0.2) is 4.79 Å². The first-order valence-electron chi connectivity index (χ1n) is 6.79. The fourth-order valence-electron chi connectivity index (χ4n) is 2.21. The lowest BCUT2D eigenvalue weighted by molar-refractivity contribution is -0.169. The highest BCUT2D eigenvalue weighted by atomic mass is 35.5. The smallest absolute Gasteiger partial charge is 0.359 e. The van der Waals surface area contributed by atoms with Crippen molar-refractivity contribution in [1.82, 2.24) is 0 Å². The molecule has 1 aromatic rings. The van der Waals surface area contributed by atoms with E-state index in [1.54, 1.807) is 45.0 Å². The maximum atomic E-state index is 12.7. The average molecular weight is 322 g/mol. The predicted octanol–water partition coefficient (Wildman–Crippen LogP) is 2.86. The Balaban J connectivity index is 2.44. The van der Waals surface area contributed by atoms with Crippen LogP contribution in [0.15, 0.2) is 24.3 Å². The van der Waals surface area contributed by atoms with Crippen LogP contribution in [0.2, 0.25) is 0 Å². The zero-order valence-corrected chi connectivity index (χ0v) is 13.3. The van der Waals surface area contributed by atoms with Crippen molar-refractivity contribution in [2.45, 2.75) is 43.8 Å². The Labute approximate surface area is 133 Å². The van der Waals surface area contributed by atoms with Crippen molar-refractivity contribution >= 4 is 23.4 Å². The van der Waals surface area contributed by atoms with Crippen molar-refractivity contribution in [2.24, 2.45) is 0 Å². The molecule has 22 heavy (non-hydrogen) atoms. The van der Waals surface area contributed by atoms with Crippen LogP contribution in [-0.2, 0) is 9.53 Å². The molecule has 6 heteroatoms. The number of nitriles is 1. The Morgan fingerprint density at radius 3 is 2.64 bits per heavy atom. The van der Waals surface area contributed by atoms with Gasteiger partial charge in [0.05, 0.1) is 11.6 Å². The molecule has 0 unspecified atom stereocenters. The van der Waals surface area contributed by atoms with Crippen molar-refractivity contribution in [3.05, 3.63) is 29.8 Å². The van der Waals surface area contributed by atoms with Crippen LogP contribution in [0, 0.1) is 11.3 Å². The zero-order valence-electron chi connectivity index (χ0n) is 12.6. The highest BCUT2D eigenvalue weighted by molar-refractivity contribution is 6.24. The molecule has 0 saturated heterocycles. The van der Waals surface area contributed by atoms with Crippen molar-refractivity contribution < 1.29 is 19.1 Å². The second-order valence-electron chi connectivity index (χ2n) is 6.06. The monoisotopic (exact) mass is 321 g/mol. The van der Waals surface area contributed by atoms with Gasteiger partial charge in [0.1, 0.15) is 16.7 Å². The fourth-order valence-corrected chi connectivity index (χ4v) is 2.42. The molecular weight excluding hydrogens is 306 g/mol. The number of nitrogens with zero attached hydrogens (tertiary/aromatic N) is 1. The summed E-state index contributed by atoms with van der Waals surface area (Å²) in [6.45, 7) is 5.06. The molecule has 0 fully saturated rings. The Bertz CT molecular complexity index is 659. The summed E-state index contributed by atoms with van der Waals surface area (Å²) in [4.78, 5) is 25.3. The SMILES string of the molecule is CC(C)(C)OC(=O)[C@@]1(C[C@@H](Cl)C#N)Oc2ccccc2C1=O. The van der Waals surface area contributed by atoms with E-state index in [1.165, 1.54) is 0 Å². The molecule has 0 aromatic heterocycles. The minimum absolute atomic E-state index is 0.270. The van der Waals surface area contributed by atoms with Gasteiger partial charge in [0.2, 0.25) is 5.78 Å². The standard InChI is InChI=1S/C16H16ClNO4/c1-15(2,3)22-14(20)16(8-10(17)9-18)13(19)11-6-4-5-7-12(11)21-16/h4-7,10H,8H2,1-3H3/t10-,16+/m1/s1. The van der Waals surface area contributed by atoms with E-state index >= 15 is 0 Å². The minimum atomic E-state index is -1.90. The molecule has 0 N–H and O–H groups in total. The van der Waals surface area contributed by atoms with Gasteiger partial charge in [0.25, 0.3) is 5.60 Å². The number of para-hydroxylation sites is 1. The van der Waals surface area contributed by atoms with Crippen molar-refractivity contribution in [2.75, 3.05) is 0 Å². The van der Waals surface area contributed by atoms with E-state index in [0.29, 0.717) is 5.75 Å². The third-order valence-electron chi connectivity index (χ3n) is 3.12. The van der Waals surface area contributed by atoms with Crippen LogP contribution in [0.1, 0.15) is 37.6 Å². The first kappa shape index (κ1) is 16.3. The van der Waals surface area contributed by atoms with Crippen LogP contribution in [0.5, 0.6) is 5.75 Å². The highest BCUT2D eigenvalue weighted by Gasteiger charge is 2.57. The largest absolute Gasteiger partial charge is 0.466 e. The normalized spacial score (nSPS) is 21.5. The van der Waals surface area contributed by atoms with Gasteiger partial charge >= 0.3 is 5.97 Å². The molecule has 0 amide bonds. The Morgan fingerprint density at radius 1 is 1.45 bits per heavy atom. The topological polar surface area (TPSA) is 76.4 Å². The van der Waals surface area contributed by atoms with E-state index in [1.807, 2.05) is 6.07 Å². The summed E-state index contributed by atoms with van der Waals surface area (Å²) in [7, 11) is 0. The number of ether oxygens (including phenoxy) is 2. The van der Waals surface area contributed by atoms with E-state index in [-0.39, 0.29) is 12.0 Å². The lowest BCUT2D eigenvalue weighted by atomic mass is 9.90. The quantitative estimate of drug-likeness (QED) is 0.486. The third kappa shape index (κ3) is 2.93. The number of benzene rings is 1. The number of alkyl halides is 1. The van der Waals surface area contributed by atoms with Crippen LogP contribution in [-0.4, -0.2) is 28.3 Å². The Hall–Kier alpha value is -2.06. The highest BCUT2D eigenvalue weighted by Crippen LogP contribution is 2.39. The summed E-state index contributed by atoms with van der Waals surface area (Å²) in [5.74, 6) is -1.07. The van der Waals surface area contributed by atoms with Gasteiger partial charge in [-0.15, -0.1) is 11.6 Å². The number of rotatable bonds is 3. The number of carbonyl (C=O) groups excluding carboxylic acids is 2. The first-order valence-corrected chi connectivity index (χ1v) is 7.23. The van der Waals surface area contributed by atoms with Crippen LogP contribution < -0.4 is 4.74 Å². The average Bonchev–Trinajstić information content (AvgIpc) is 2.71. The number of Topliss-reactive ketones (excluding diaryl/α,β-unsaturated/α-hetero) is 1. The van der Waals surface area contributed by atoms with Crippen LogP contribution in [0.3, 0.4) is 0 Å². The van der Waals surface area contributed by atoms with Crippen molar-refractivity contribution in [3.8, 4) is 11.8 Å². The molecule has 116 valence electrons. The molecule has 1 heterocycles. The van der Waals surface area contributed by atoms with Gasteiger partial charge < -0.3 is 9.47 Å². The molecule has 5 nitrogen and oxygen atoms in total. The van der Waals surface area contributed by atoms with Gasteiger partial charge in [0, 0.05) is 6.42 Å². The van der Waals surface area contributed by atoms with Gasteiger partial charge in [-0.1, -0.05) is 12.1 Å². The first-order chi connectivity index (χ1) is 10.2. The molecule has 2 atom stereocenters. The lowest BCUT2D eigenvalue weighted by Gasteiger charge is -2.29. The van der Waals surface area contributed by atoms with Crippen molar-refractivity contribution in [1.29, 1.82) is 5.26 Å². The third-order valence-corrected chi connectivity index (χ3v) is 3.37. The second-order valence-corrected chi connectivity index (χ2v) is 6.58. The molecule has 1 aliphatic heterocycles. The molecule has 1 aromatic carbocycles. The van der Waals surface area contributed by atoms with E-state index in [4.69, 9.17) is 26.3 Å². The molecular formula is C16H16ClNO4. The second kappa shape index (κ2) is 5.62. The lowest BCUT2D eigenvalue weighted by Crippen LogP contribution is -2.52. The fraction of sp³-hybridized carbons (Fsp3) is 0.438. The number of ketones is 1. The van der Waals surface area contributed by atoms with Crippen LogP contribution in [0.4, 0.5) is 0 Å². The van der Waals surface area contributed by atoms with Crippen LogP contribution in [0.25, 0.3) is 0 Å². The molecule has 0 spiro atoms. The summed E-state index contributed by atoms with van der Waals surface area (Å²) in [5, 5.41) is 7.88. The summed E-state index contributed by atoms with van der Waals surface area (Å²) in [6.07, 6.45) is -0.270. The molecule has 0 saturated carbocycles. The predicted molar refractivity (Wildman–Crippen MR) is 79.8 cm³/mol. The number of fused-ring (bicyclic) bond motifs is 1. The Morgan fingerprint density at radius 2 is 2.09 bits per heavy atom. The summed E-state index contributed by atoms with van der Waals surface area (Å²) in [5.41, 5.74) is -2.41. The maximum Gasteiger partial charge on any atom is 0.359 e. The molecule has 0 radical (unpaired) electrons. The number of esters is 1. The molecule has 0 aliphatic carbocycles. The maximum absolute atomic E-state index is 12.7.